The minimum atomic E-state index is -0.552. The number of aromatic nitrogens is 2. The summed E-state index contributed by atoms with van der Waals surface area (Å²) in [5.74, 6) is 1.01. The van der Waals surface area contributed by atoms with Crippen molar-refractivity contribution in [2.45, 2.75) is 45.3 Å². The first-order valence-corrected chi connectivity index (χ1v) is 6.61. The standard InChI is InChI=1S/C13H23N3O/c1-3-15-8-5-13(17,6-9-15)11-12-14-7-10-16(12)4-2/h7,10,17H,3-6,8-9,11H2,1-2H3. The van der Waals surface area contributed by atoms with Crippen molar-refractivity contribution >= 4 is 0 Å². The van der Waals surface area contributed by atoms with Crippen molar-refractivity contribution in [3.8, 4) is 0 Å². The molecule has 96 valence electrons. The van der Waals surface area contributed by atoms with E-state index < -0.39 is 5.60 Å². The number of hydrogen-bond acceptors (Lipinski definition) is 3. The number of rotatable bonds is 4. The highest BCUT2D eigenvalue weighted by molar-refractivity contribution is 5.00. The van der Waals surface area contributed by atoms with E-state index in [-0.39, 0.29) is 0 Å². The van der Waals surface area contributed by atoms with Crippen LogP contribution < -0.4 is 0 Å². The number of hydrogen-bond donors (Lipinski definition) is 1. The summed E-state index contributed by atoms with van der Waals surface area (Å²) < 4.78 is 2.12. The molecule has 1 aliphatic rings. The van der Waals surface area contributed by atoms with Gasteiger partial charge in [0.2, 0.25) is 0 Å². The lowest BCUT2D eigenvalue weighted by molar-refractivity contribution is -0.0213. The molecular formula is C13H23N3O. The van der Waals surface area contributed by atoms with Crippen molar-refractivity contribution in [3.63, 3.8) is 0 Å². The molecule has 0 atom stereocenters. The van der Waals surface area contributed by atoms with Crippen LogP contribution in [0.25, 0.3) is 0 Å². The van der Waals surface area contributed by atoms with Crippen LogP contribution in [0.15, 0.2) is 12.4 Å². The first-order chi connectivity index (χ1) is 8.17. The van der Waals surface area contributed by atoms with Gasteiger partial charge >= 0.3 is 0 Å². The topological polar surface area (TPSA) is 41.3 Å². The SMILES string of the molecule is CCN1CCC(O)(Cc2nccn2CC)CC1. The normalized spacial score (nSPS) is 20.6. The molecule has 0 saturated carbocycles. The molecule has 4 heteroatoms. The van der Waals surface area contributed by atoms with Crippen molar-refractivity contribution in [2.75, 3.05) is 19.6 Å². The van der Waals surface area contributed by atoms with Gasteiger partial charge in [-0.15, -0.1) is 0 Å². The molecule has 0 aliphatic carbocycles. The lowest BCUT2D eigenvalue weighted by Gasteiger charge is -2.37. The average molecular weight is 237 g/mol. The molecule has 1 N–H and O–H groups in total. The molecule has 0 spiro atoms. The Morgan fingerprint density at radius 1 is 1.29 bits per heavy atom. The summed E-state index contributed by atoms with van der Waals surface area (Å²) in [6.07, 6.45) is 6.21. The van der Waals surface area contributed by atoms with E-state index in [4.69, 9.17) is 0 Å². The van der Waals surface area contributed by atoms with E-state index in [1.165, 1.54) is 0 Å². The summed E-state index contributed by atoms with van der Waals surface area (Å²) >= 11 is 0. The molecule has 4 nitrogen and oxygen atoms in total. The zero-order valence-corrected chi connectivity index (χ0v) is 10.9. The molecule has 0 radical (unpaired) electrons. The van der Waals surface area contributed by atoms with E-state index in [1.54, 1.807) is 0 Å². The summed E-state index contributed by atoms with van der Waals surface area (Å²) in [5, 5.41) is 10.6. The van der Waals surface area contributed by atoms with Gasteiger partial charge in [-0.1, -0.05) is 6.92 Å². The second kappa shape index (κ2) is 5.19. The predicted octanol–water partition coefficient (Wildman–Crippen LogP) is 1.29. The van der Waals surface area contributed by atoms with Gasteiger partial charge in [-0.05, 0) is 26.3 Å². The quantitative estimate of drug-likeness (QED) is 0.858. The van der Waals surface area contributed by atoms with E-state index >= 15 is 0 Å². The fourth-order valence-electron chi connectivity index (χ4n) is 2.55. The maximum atomic E-state index is 10.6. The van der Waals surface area contributed by atoms with Gasteiger partial charge in [0.15, 0.2) is 0 Å². The van der Waals surface area contributed by atoms with Gasteiger partial charge in [0.25, 0.3) is 0 Å². The van der Waals surface area contributed by atoms with Gasteiger partial charge in [-0.25, -0.2) is 4.98 Å². The Balaban J connectivity index is 1.99. The number of aryl methyl sites for hydroxylation is 1. The Morgan fingerprint density at radius 3 is 2.59 bits per heavy atom. The van der Waals surface area contributed by atoms with Crippen molar-refractivity contribution < 1.29 is 5.11 Å². The molecule has 1 aromatic heterocycles. The third-order valence-electron chi connectivity index (χ3n) is 3.86. The second-order valence-corrected chi connectivity index (χ2v) is 4.96. The Kier molecular flexibility index (Phi) is 3.84. The van der Waals surface area contributed by atoms with Crippen LogP contribution in [0.4, 0.5) is 0 Å². The van der Waals surface area contributed by atoms with Crippen molar-refractivity contribution in [3.05, 3.63) is 18.2 Å². The fraction of sp³-hybridized carbons (Fsp3) is 0.769. The van der Waals surface area contributed by atoms with E-state index in [0.29, 0.717) is 6.42 Å². The Bertz CT molecular complexity index is 353. The highest BCUT2D eigenvalue weighted by atomic mass is 16.3. The highest BCUT2D eigenvalue weighted by Crippen LogP contribution is 2.25. The van der Waals surface area contributed by atoms with Crippen LogP contribution in [-0.4, -0.2) is 44.8 Å². The molecule has 1 fully saturated rings. The van der Waals surface area contributed by atoms with Gasteiger partial charge in [0.05, 0.1) is 5.60 Å². The molecule has 0 aromatic carbocycles. The number of aliphatic hydroxyl groups is 1. The van der Waals surface area contributed by atoms with E-state index in [9.17, 15) is 5.11 Å². The number of nitrogens with zero attached hydrogens (tertiary/aromatic N) is 3. The van der Waals surface area contributed by atoms with Gasteiger partial charge in [-0.3, -0.25) is 0 Å². The highest BCUT2D eigenvalue weighted by Gasteiger charge is 2.33. The van der Waals surface area contributed by atoms with Crippen LogP contribution in [0.3, 0.4) is 0 Å². The van der Waals surface area contributed by atoms with Crippen LogP contribution in [0.1, 0.15) is 32.5 Å². The summed E-state index contributed by atoms with van der Waals surface area (Å²) in [5.41, 5.74) is -0.552. The Morgan fingerprint density at radius 2 is 2.00 bits per heavy atom. The van der Waals surface area contributed by atoms with E-state index in [0.717, 1.165) is 44.8 Å². The van der Waals surface area contributed by atoms with Gasteiger partial charge in [0, 0.05) is 38.4 Å². The van der Waals surface area contributed by atoms with Crippen molar-refractivity contribution in [1.82, 2.24) is 14.5 Å². The fourth-order valence-corrected chi connectivity index (χ4v) is 2.55. The maximum absolute atomic E-state index is 10.6. The first kappa shape index (κ1) is 12.6. The second-order valence-electron chi connectivity index (χ2n) is 4.96. The van der Waals surface area contributed by atoms with E-state index in [1.807, 2.05) is 12.4 Å². The maximum Gasteiger partial charge on any atom is 0.111 e. The predicted molar refractivity (Wildman–Crippen MR) is 67.9 cm³/mol. The molecule has 0 bridgehead atoms. The number of piperidine rings is 1. The molecule has 1 aromatic rings. The molecule has 2 heterocycles. The van der Waals surface area contributed by atoms with Crippen LogP contribution >= 0.6 is 0 Å². The minimum Gasteiger partial charge on any atom is -0.389 e. The number of imidazole rings is 1. The summed E-state index contributed by atoms with van der Waals surface area (Å²) in [7, 11) is 0. The first-order valence-electron chi connectivity index (χ1n) is 6.61. The van der Waals surface area contributed by atoms with Gasteiger partial charge in [0.1, 0.15) is 5.82 Å². The van der Waals surface area contributed by atoms with Crippen molar-refractivity contribution in [1.29, 1.82) is 0 Å². The molecule has 0 amide bonds. The van der Waals surface area contributed by atoms with Crippen molar-refractivity contribution in [2.24, 2.45) is 0 Å². The zero-order chi connectivity index (χ0) is 12.3. The van der Waals surface area contributed by atoms with Gasteiger partial charge in [-0.2, -0.15) is 0 Å². The minimum absolute atomic E-state index is 0.552. The lowest BCUT2D eigenvalue weighted by Crippen LogP contribution is -2.45. The number of likely N-dealkylation sites (tertiary alicyclic amines) is 1. The third-order valence-corrected chi connectivity index (χ3v) is 3.86. The average Bonchev–Trinajstić information content (AvgIpc) is 2.77. The molecule has 2 rings (SSSR count). The largest absolute Gasteiger partial charge is 0.389 e. The van der Waals surface area contributed by atoms with Crippen LogP contribution in [-0.2, 0) is 13.0 Å². The lowest BCUT2D eigenvalue weighted by atomic mass is 9.88. The Hall–Kier alpha value is -0.870. The summed E-state index contributed by atoms with van der Waals surface area (Å²) in [6.45, 7) is 8.29. The molecule has 0 unspecified atom stereocenters. The monoisotopic (exact) mass is 237 g/mol. The molecule has 17 heavy (non-hydrogen) atoms. The van der Waals surface area contributed by atoms with E-state index in [2.05, 4.69) is 28.3 Å². The molecule has 1 saturated heterocycles. The van der Waals surface area contributed by atoms with Crippen LogP contribution in [0, 0.1) is 0 Å². The van der Waals surface area contributed by atoms with Crippen LogP contribution in [0.2, 0.25) is 0 Å². The molecule has 1 aliphatic heterocycles. The molecular weight excluding hydrogens is 214 g/mol. The zero-order valence-electron chi connectivity index (χ0n) is 10.9. The smallest absolute Gasteiger partial charge is 0.111 e. The van der Waals surface area contributed by atoms with Crippen LogP contribution in [0.5, 0.6) is 0 Å². The third kappa shape index (κ3) is 2.87. The Labute approximate surface area is 103 Å². The van der Waals surface area contributed by atoms with Gasteiger partial charge < -0.3 is 14.6 Å². The summed E-state index contributed by atoms with van der Waals surface area (Å²) in [6, 6.07) is 0. The summed E-state index contributed by atoms with van der Waals surface area (Å²) in [4.78, 5) is 6.74.